The second-order valence-corrected chi connectivity index (χ2v) is 13.1. The maximum absolute atomic E-state index is 8.37. The van der Waals surface area contributed by atoms with E-state index in [0.29, 0.717) is 6.61 Å². The number of alkyl halides is 3. The van der Waals surface area contributed by atoms with Crippen molar-refractivity contribution in [3.05, 3.63) is 144 Å². The number of ether oxygens (including phenoxy) is 6. The van der Waals surface area contributed by atoms with Crippen LogP contribution < -0.4 is 0 Å². The van der Waals surface area contributed by atoms with E-state index in [4.69, 9.17) is 68.6 Å². The summed E-state index contributed by atoms with van der Waals surface area (Å²) in [6, 6.07) is 39.2. The minimum atomic E-state index is -2.12. The molecule has 0 aliphatic carbocycles. The van der Waals surface area contributed by atoms with E-state index < -0.39 is 40.4 Å². The minimum Gasteiger partial charge on any atom is -0.445 e. The van der Waals surface area contributed by atoms with Crippen LogP contribution in [0.2, 0.25) is 0 Å². The fourth-order valence-corrected chi connectivity index (χ4v) is 5.16. The van der Waals surface area contributed by atoms with Crippen molar-refractivity contribution < 1.29 is 28.4 Å². The zero-order valence-electron chi connectivity index (χ0n) is 25.1. The van der Waals surface area contributed by atoms with Gasteiger partial charge in [-0.1, -0.05) is 156 Å². The third-order valence-electron chi connectivity index (χ3n) is 7.33. The molecule has 1 aliphatic rings. The Balaban J connectivity index is 1.46. The molecule has 4 aromatic carbocycles. The molecule has 46 heavy (non-hydrogen) atoms. The fraction of sp³-hybridized carbons (Fsp3) is 0.306. The molecule has 3 unspecified atom stereocenters. The van der Waals surface area contributed by atoms with Gasteiger partial charge in [0.05, 0.1) is 33.0 Å². The quantitative estimate of drug-likeness (QED) is 0.0823. The number of hydrogen-bond acceptors (Lipinski definition) is 7. The van der Waals surface area contributed by atoms with Crippen LogP contribution in [0.4, 0.5) is 0 Å². The highest BCUT2D eigenvalue weighted by Crippen LogP contribution is 2.34. The first-order chi connectivity index (χ1) is 22.4. The van der Waals surface area contributed by atoms with E-state index in [-0.39, 0.29) is 26.4 Å². The molecule has 1 aliphatic heterocycles. The Morgan fingerprint density at radius 3 is 1.39 bits per heavy atom. The Morgan fingerprint density at radius 1 is 0.565 bits per heavy atom. The normalized spacial score (nSPS) is 21.5. The predicted octanol–water partition coefficient (Wildman–Crippen LogP) is 8.05. The lowest BCUT2D eigenvalue weighted by molar-refractivity contribution is -0.313. The molecule has 1 saturated heterocycles. The summed E-state index contributed by atoms with van der Waals surface area (Å²) in [5, 5.41) is 8.37. The largest absolute Gasteiger partial charge is 0.445 e. The molecule has 0 saturated carbocycles. The van der Waals surface area contributed by atoms with E-state index in [9.17, 15) is 0 Å². The number of benzene rings is 4. The van der Waals surface area contributed by atoms with Crippen molar-refractivity contribution in [1.29, 1.82) is 5.41 Å². The monoisotopic (exact) mass is 683 g/mol. The number of nitrogens with one attached hydrogen (secondary N) is 1. The minimum absolute atomic E-state index is 0.131. The lowest BCUT2D eigenvalue weighted by Gasteiger charge is -2.46. The van der Waals surface area contributed by atoms with Crippen LogP contribution in [-0.4, -0.2) is 47.0 Å². The molecular formula is C36H36Cl3NO6. The summed E-state index contributed by atoms with van der Waals surface area (Å²) < 4.78 is 36.1. The van der Waals surface area contributed by atoms with Gasteiger partial charge >= 0.3 is 0 Å². The van der Waals surface area contributed by atoms with Crippen molar-refractivity contribution in [2.24, 2.45) is 0 Å². The molecule has 0 amide bonds. The summed E-state index contributed by atoms with van der Waals surface area (Å²) in [5.41, 5.74) is 3.87. The predicted molar refractivity (Wildman–Crippen MR) is 179 cm³/mol. The summed E-state index contributed by atoms with van der Waals surface area (Å²) in [6.07, 6.45) is -4.17. The van der Waals surface area contributed by atoms with Crippen molar-refractivity contribution >= 4 is 40.7 Å². The molecule has 7 nitrogen and oxygen atoms in total. The Bertz CT molecular complexity index is 1460. The molecule has 1 fully saturated rings. The highest BCUT2D eigenvalue weighted by molar-refractivity contribution is 6.76. The SMILES string of the molecule is N=C(O[C@H]1OC(COCc2ccccc2)[C@@H](OCc2ccccc2)C(OCc2ccccc2)C1OCc1ccccc1)C(Cl)(Cl)Cl. The smallest absolute Gasteiger partial charge is 0.265 e. The van der Waals surface area contributed by atoms with Crippen molar-refractivity contribution in [2.45, 2.75) is 60.9 Å². The van der Waals surface area contributed by atoms with Crippen LogP contribution in [0.5, 0.6) is 0 Å². The van der Waals surface area contributed by atoms with Crippen LogP contribution in [0.15, 0.2) is 121 Å². The van der Waals surface area contributed by atoms with Gasteiger partial charge in [-0.2, -0.15) is 0 Å². The summed E-state index contributed by atoms with van der Waals surface area (Å²) in [7, 11) is 0. The lowest BCUT2D eigenvalue weighted by Crippen LogP contribution is -2.62. The van der Waals surface area contributed by atoms with E-state index in [0.717, 1.165) is 22.3 Å². The Morgan fingerprint density at radius 2 is 0.957 bits per heavy atom. The van der Waals surface area contributed by atoms with Gasteiger partial charge in [0.2, 0.25) is 12.2 Å². The number of hydrogen-bond donors (Lipinski definition) is 1. The first kappa shape index (κ1) is 34.4. The zero-order chi connectivity index (χ0) is 32.2. The summed E-state index contributed by atoms with van der Waals surface area (Å²) >= 11 is 18.1. The highest BCUT2D eigenvalue weighted by Gasteiger charge is 2.51. The highest BCUT2D eigenvalue weighted by atomic mass is 35.6. The van der Waals surface area contributed by atoms with E-state index in [1.807, 2.05) is 121 Å². The molecule has 0 bridgehead atoms. The molecule has 1 heterocycles. The van der Waals surface area contributed by atoms with Crippen LogP contribution >= 0.6 is 34.8 Å². The molecule has 10 heteroatoms. The second kappa shape index (κ2) is 17.3. The molecule has 0 spiro atoms. The Hall–Kier alpha value is -2.98. The Labute approximate surface area is 284 Å². The maximum atomic E-state index is 8.37. The Kier molecular flexibility index (Phi) is 12.9. The van der Waals surface area contributed by atoms with E-state index >= 15 is 0 Å². The molecule has 5 rings (SSSR count). The average molecular weight is 685 g/mol. The van der Waals surface area contributed by atoms with Gasteiger partial charge in [0.15, 0.2) is 0 Å². The van der Waals surface area contributed by atoms with Crippen molar-refractivity contribution in [1.82, 2.24) is 0 Å². The third kappa shape index (κ3) is 10.3. The van der Waals surface area contributed by atoms with E-state index in [1.54, 1.807) is 0 Å². The lowest BCUT2D eigenvalue weighted by atomic mass is 9.97. The van der Waals surface area contributed by atoms with Crippen LogP contribution in [0.25, 0.3) is 0 Å². The molecular weight excluding hydrogens is 649 g/mol. The molecule has 1 N–H and O–H groups in total. The summed E-state index contributed by atoms with van der Waals surface area (Å²) in [5.74, 6) is -0.606. The molecule has 242 valence electrons. The van der Waals surface area contributed by atoms with Gasteiger partial charge in [-0.15, -0.1) is 0 Å². The van der Waals surface area contributed by atoms with Crippen molar-refractivity contribution in [3.8, 4) is 0 Å². The number of rotatable bonds is 14. The summed E-state index contributed by atoms with van der Waals surface area (Å²) in [4.78, 5) is 0. The molecule has 0 aromatic heterocycles. The van der Waals surface area contributed by atoms with Crippen molar-refractivity contribution in [2.75, 3.05) is 6.61 Å². The van der Waals surface area contributed by atoms with Crippen LogP contribution in [0, 0.1) is 5.41 Å². The topological polar surface area (TPSA) is 79.2 Å². The number of halogens is 3. The zero-order valence-corrected chi connectivity index (χ0v) is 27.3. The van der Waals surface area contributed by atoms with Gasteiger partial charge in [0.1, 0.15) is 24.4 Å². The average Bonchev–Trinajstić information content (AvgIpc) is 3.07. The van der Waals surface area contributed by atoms with E-state index in [1.165, 1.54) is 0 Å². The molecule has 0 radical (unpaired) electrons. The first-order valence-electron chi connectivity index (χ1n) is 14.9. The maximum Gasteiger partial charge on any atom is 0.265 e. The van der Waals surface area contributed by atoms with Gasteiger partial charge in [0.25, 0.3) is 3.79 Å². The van der Waals surface area contributed by atoms with Gasteiger partial charge in [-0.25, -0.2) is 0 Å². The first-order valence-corrected chi connectivity index (χ1v) is 16.1. The molecule has 5 atom stereocenters. The van der Waals surface area contributed by atoms with Gasteiger partial charge in [-0.3, -0.25) is 5.41 Å². The second-order valence-electron chi connectivity index (χ2n) is 10.8. The van der Waals surface area contributed by atoms with Crippen molar-refractivity contribution in [3.63, 3.8) is 0 Å². The van der Waals surface area contributed by atoms with Gasteiger partial charge < -0.3 is 28.4 Å². The van der Waals surface area contributed by atoms with Gasteiger partial charge in [0, 0.05) is 0 Å². The third-order valence-corrected chi connectivity index (χ3v) is 7.85. The molecule has 4 aromatic rings. The summed E-state index contributed by atoms with van der Waals surface area (Å²) in [6.45, 7) is 1.24. The van der Waals surface area contributed by atoms with Crippen LogP contribution in [-0.2, 0) is 54.8 Å². The van der Waals surface area contributed by atoms with E-state index in [2.05, 4.69) is 0 Å². The van der Waals surface area contributed by atoms with Gasteiger partial charge in [-0.05, 0) is 22.3 Å². The van der Waals surface area contributed by atoms with Crippen LogP contribution in [0.3, 0.4) is 0 Å². The standard InChI is InChI=1S/C36H36Cl3NO6/c37-36(38,39)35(40)46-34-33(44-24-29-19-11-4-12-20-29)32(43-23-28-17-9-3-10-18-28)31(42-22-27-15-7-2-8-16-27)30(45-34)25-41-21-26-13-5-1-6-14-26/h1-20,30-34,40H,21-25H2/t30?,31-,32?,33?,34-/m1/s1. The van der Waals surface area contributed by atoms with Crippen LogP contribution in [0.1, 0.15) is 22.3 Å². The fourth-order valence-electron chi connectivity index (χ4n) is 5.02.